The van der Waals surface area contributed by atoms with Crippen LogP contribution >= 0.6 is 0 Å². The summed E-state index contributed by atoms with van der Waals surface area (Å²) in [6.07, 6.45) is 39.6. The second-order valence-corrected chi connectivity index (χ2v) is 46.2. The third kappa shape index (κ3) is 18.5. The van der Waals surface area contributed by atoms with Gasteiger partial charge in [-0.05, 0) is 248 Å². The summed E-state index contributed by atoms with van der Waals surface area (Å²) in [6.45, 7) is 74.7. The lowest BCUT2D eigenvalue weighted by Crippen LogP contribution is -2.28. The van der Waals surface area contributed by atoms with Crippen LogP contribution < -0.4 is 19.6 Å². The summed E-state index contributed by atoms with van der Waals surface area (Å²) in [5.74, 6) is 0. The van der Waals surface area contributed by atoms with E-state index >= 15 is 0 Å². The molecule has 0 saturated heterocycles. The van der Waals surface area contributed by atoms with Gasteiger partial charge in [-0.25, -0.2) is 0 Å². The highest BCUT2D eigenvalue weighted by Gasteiger charge is 2.52. The molecule has 8 aliphatic heterocycles. The molecule has 0 aromatic heterocycles. The average Bonchev–Trinajstić information content (AvgIpc) is 1.53. The Morgan fingerprint density at radius 1 is 0.269 bits per heavy atom. The Balaban J connectivity index is 0.000000133. The number of anilines is 4. The third-order valence-corrected chi connectivity index (χ3v) is 33.3. The lowest BCUT2D eigenvalue weighted by atomic mass is 9.79. The largest absolute Gasteiger partial charge is 0.344 e. The summed E-state index contributed by atoms with van der Waals surface area (Å²) in [5.41, 5.74) is 38.3. The number of benzene rings is 12. The van der Waals surface area contributed by atoms with Crippen molar-refractivity contribution in [1.29, 1.82) is 0 Å². The fraction of sp³-hybridized carbons (Fsp3) is 0.372. The lowest BCUT2D eigenvalue weighted by Gasteiger charge is -2.27. The summed E-state index contributed by atoms with van der Waals surface area (Å²) < 4.78 is 10.2. The molecule has 0 N–H and O–H groups in total. The van der Waals surface area contributed by atoms with Gasteiger partial charge in [-0.1, -0.05) is 307 Å². The molecule has 0 atom stereocenters. The minimum absolute atomic E-state index is 0.0127. The second kappa shape index (κ2) is 41.3. The average molecular weight is 1920 g/mol. The maximum absolute atomic E-state index is 4.05. The van der Waals surface area contributed by atoms with E-state index < -0.39 is 0 Å². The Labute approximate surface area is 870 Å². The molecule has 12 aromatic carbocycles. The van der Waals surface area contributed by atoms with E-state index in [9.17, 15) is 0 Å². The van der Waals surface area contributed by atoms with E-state index in [0.717, 1.165) is 65.2 Å². The van der Waals surface area contributed by atoms with Crippen LogP contribution in [0.2, 0.25) is 0 Å². The van der Waals surface area contributed by atoms with Crippen LogP contribution in [-0.4, -0.2) is 93.5 Å². The minimum Gasteiger partial charge on any atom is -0.344 e. The molecule has 0 fully saturated rings. The fourth-order valence-electron chi connectivity index (χ4n) is 25.8. The molecule has 0 spiro atoms. The van der Waals surface area contributed by atoms with Gasteiger partial charge in [0.25, 0.3) is 0 Å². The van der Waals surface area contributed by atoms with E-state index in [1.54, 1.807) is 0 Å². The number of likely N-dealkylation sites (N-methyl/N-ethyl adjacent to an activating group) is 1. The van der Waals surface area contributed by atoms with Gasteiger partial charge in [0, 0.05) is 183 Å². The van der Waals surface area contributed by atoms with Gasteiger partial charge in [-0.15, -0.1) is 6.58 Å². The predicted molar refractivity (Wildman–Crippen MR) is 629 cm³/mol. The van der Waals surface area contributed by atoms with Crippen molar-refractivity contribution >= 4 is 111 Å². The number of hydrogen-bond acceptors (Lipinski definition) is 4. The Hall–Kier alpha value is -12.8. The van der Waals surface area contributed by atoms with Gasteiger partial charge in [0.2, 0.25) is 22.7 Å². The third-order valence-electron chi connectivity index (χ3n) is 33.3. The Morgan fingerprint density at radius 3 is 0.841 bits per heavy atom. The van der Waals surface area contributed by atoms with Crippen molar-refractivity contribution in [2.45, 2.75) is 282 Å². The summed E-state index contributed by atoms with van der Waals surface area (Å²) in [5, 5.41) is 10.8. The first-order valence-corrected chi connectivity index (χ1v) is 54.8. The molecule has 8 heteroatoms. The highest BCUT2D eigenvalue weighted by Crippen LogP contribution is 2.56. The maximum Gasteiger partial charge on any atom is 0.210 e. The first kappa shape index (κ1) is 104. The molecule has 0 amide bonds. The number of rotatable bonds is 25. The number of hydrogen-bond donors (Lipinski definition) is 0. The molecule has 8 heterocycles. The van der Waals surface area contributed by atoms with E-state index in [4.69, 9.17) is 0 Å². The molecule has 12 aromatic rings. The molecule has 8 nitrogen and oxygen atoms in total. The molecule has 0 unspecified atom stereocenters. The summed E-state index contributed by atoms with van der Waals surface area (Å²) in [7, 11) is 0. The van der Waals surface area contributed by atoms with Crippen molar-refractivity contribution in [3.63, 3.8) is 0 Å². The first-order chi connectivity index (χ1) is 69.3. The standard InChI is InChI=1S/C36H45N2.C35H41N2.C34H41N2.C32H37N2/c1-8-10-23-37-30-21-19-26(3)25-29(30)35(4,5)32(37)17-14-18-33-36(6,7)34-28-16-13-12-15-27(28)20-22-31(34)38(33)24-11-9-2;1-8-10-23-37-30-21-19-26-14-11-12-15-27(26)33(30)35(6,7)32(37)17-13-16-31-34(4,5)28-24-25(3)18-20-29(28)36(31)22-9-2;1-8-21-35-28-19-17-24(3)23-27(28)33(4,5)30(35)15-12-16-31-34(6,7)32-26-14-11-10-13-25(26)18-20-29(32)36(31)22-9-2;1-8-33-26-19-17-22(3)21-25(26)31(4,5)28(33)15-12-16-29-32(6,7)30-24-14-11-10-13-23(24)18-20-27(30)34(29)9-2/h12-22,25H,8-11,23-24H2,1-7H3;9,11-21,24H,2,8,10,22-23H2,1,3-7H3;10-20,23H,8-9,21-22H2,1-7H3;10-21H,8-9H2,1-7H3/q4*+1. The van der Waals surface area contributed by atoms with E-state index in [1.165, 1.54) is 240 Å². The van der Waals surface area contributed by atoms with Crippen LogP contribution in [-0.2, 0) is 43.3 Å². The monoisotopic (exact) mass is 1920 g/mol. The first-order valence-electron chi connectivity index (χ1n) is 54.8. The van der Waals surface area contributed by atoms with Crippen molar-refractivity contribution in [3.05, 3.63) is 394 Å². The lowest BCUT2D eigenvalue weighted by molar-refractivity contribution is -0.438. The van der Waals surface area contributed by atoms with Gasteiger partial charge < -0.3 is 19.6 Å². The Morgan fingerprint density at radius 2 is 0.545 bits per heavy atom. The molecule has 8 aliphatic rings. The molecular weight excluding hydrogens is 1760 g/mol. The normalized spacial score (nSPS) is 19.0. The van der Waals surface area contributed by atoms with Gasteiger partial charge >= 0.3 is 0 Å². The number of allylic oxidation sites excluding steroid dienone is 16. The van der Waals surface area contributed by atoms with Crippen LogP contribution in [0.3, 0.4) is 0 Å². The molecule has 20 rings (SSSR count). The van der Waals surface area contributed by atoms with E-state index in [0.29, 0.717) is 0 Å². The van der Waals surface area contributed by atoms with Gasteiger partial charge in [0.15, 0.2) is 22.8 Å². The topological polar surface area (TPSA) is 25.0 Å². The zero-order chi connectivity index (χ0) is 103. The van der Waals surface area contributed by atoms with Crippen molar-refractivity contribution < 1.29 is 18.3 Å². The van der Waals surface area contributed by atoms with E-state index in [1.807, 2.05) is 6.08 Å². The minimum atomic E-state index is -0.0784. The van der Waals surface area contributed by atoms with E-state index in [-0.39, 0.29) is 43.3 Å². The second-order valence-electron chi connectivity index (χ2n) is 46.2. The van der Waals surface area contributed by atoms with Crippen LogP contribution in [0.5, 0.6) is 0 Å². The van der Waals surface area contributed by atoms with E-state index in [2.05, 4.69) is 523 Å². The molecule has 0 radical (unpaired) electrons. The maximum atomic E-state index is 4.05. The van der Waals surface area contributed by atoms with Crippen LogP contribution in [0, 0.1) is 27.7 Å². The molecule has 0 saturated carbocycles. The van der Waals surface area contributed by atoms with Gasteiger partial charge in [-0.2, -0.15) is 18.3 Å². The molecule has 145 heavy (non-hydrogen) atoms. The molecule has 0 bridgehead atoms. The number of fused-ring (bicyclic) bond motifs is 16. The molecule has 748 valence electrons. The van der Waals surface area contributed by atoms with Gasteiger partial charge in [-0.3, -0.25) is 0 Å². The highest BCUT2D eigenvalue weighted by atomic mass is 15.2. The quantitative estimate of drug-likeness (QED) is 0.0421. The predicted octanol–water partition coefficient (Wildman–Crippen LogP) is 34.5. The van der Waals surface area contributed by atoms with Gasteiger partial charge in [0.05, 0.1) is 21.7 Å². The van der Waals surface area contributed by atoms with Crippen LogP contribution in [0.4, 0.5) is 45.5 Å². The van der Waals surface area contributed by atoms with Crippen LogP contribution in [0.25, 0.3) is 43.1 Å². The van der Waals surface area contributed by atoms with Crippen molar-refractivity contribution in [2.75, 3.05) is 72.0 Å². The highest BCUT2D eigenvalue weighted by molar-refractivity contribution is 6.11. The number of nitrogens with zero attached hydrogens (tertiary/aromatic N) is 8. The summed E-state index contributed by atoms with van der Waals surface area (Å²) in [4.78, 5) is 10.0. The zero-order valence-corrected chi connectivity index (χ0v) is 92.9. The van der Waals surface area contributed by atoms with Crippen LogP contribution in [0.15, 0.2) is 327 Å². The smallest absolute Gasteiger partial charge is 0.210 e. The van der Waals surface area contributed by atoms with Crippen molar-refractivity contribution in [3.8, 4) is 0 Å². The summed E-state index contributed by atoms with van der Waals surface area (Å²) >= 11 is 0. The number of unbranched alkanes of at least 4 members (excludes halogenated alkanes) is 3. The summed E-state index contributed by atoms with van der Waals surface area (Å²) in [6, 6.07) is 81.4. The molecular formula is C137H164N8+4. The van der Waals surface area contributed by atoms with Gasteiger partial charge in [0.1, 0.15) is 26.2 Å². The fourth-order valence-corrected chi connectivity index (χ4v) is 25.8. The zero-order valence-electron chi connectivity index (χ0n) is 92.9. The molecule has 0 aliphatic carbocycles. The number of aryl methyl sites for hydroxylation is 4. The Kier molecular flexibility index (Phi) is 29.5. The van der Waals surface area contributed by atoms with Crippen molar-refractivity contribution in [2.24, 2.45) is 0 Å². The Bertz CT molecular complexity index is 7470. The van der Waals surface area contributed by atoms with Crippen molar-refractivity contribution in [1.82, 2.24) is 0 Å². The SMILES string of the molecule is C=CCN1C(=CC=CC2=[N+](CCCC)c3ccc4ccccc4c3C2(C)C)C(C)(C)c2cc(C)ccc21.CCCCN1C(=CC=CC2=[N+](CCCC)c3ccc4ccccc4c3C2(C)C)C(C)(C)c2cc(C)ccc21.CCCN1C(=CC=CC2=[N+](CCC)c3ccc4ccccc4c3C2(C)C)C(C)(C)c2cc(C)ccc21.CCN1C(=CC=CC2=[N+](CC)c3ccc4ccccc4c3C2(C)C)C(C)(C)c2cc(C)ccc21. The van der Waals surface area contributed by atoms with Crippen LogP contribution in [0.1, 0.15) is 277 Å².